The van der Waals surface area contributed by atoms with Gasteiger partial charge in [0.1, 0.15) is 19.3 Å². The van der Waals surface area contributed by atoms with Crippen LogP contribution in [0.3, 0.4) is 0 Å². The molecule has 0 bridgehead atoms. The molecule has 0 unspecified atom stereocenters. The van der Waals surface area contributed by atoms with Gasteiger partial charge in [0.2, 0.25) is 5.78 Å². The van der Waals surface area contributed by atoms with Crippen LogP contribution in [0.5, 0.6) is 11.5 Å². The molecule has 3 aliphatic rings. The normalized spacial score (nSPS) is 15.9. The summed E-state index contributed by atoms with van der Waals surface area (Å²) in [6.45, 7) is 12.9. The minimum atomic E-state index is -1.45. The molecule has 0 radical (unpaired) electrons. The Labute approximate surface area is 435 Å². The van der Waals surface area contributed by atoms with Gasteiger partial charge in [0.05, 0.1) is 35.2 Å². The number of carbonyl (C=O) groups excluding carboxylic acids is 5. The molecule has 5 heterocycles. The minimum Gasteiger partial charge on any atom is -0.486 e. The van der Waals surface area contributed by atoms with Crippen LogP contribution in [0.2, 0.25) is 0 Å². The number of pyridine rings is 2. The number of carboxylic acids is 1. The van der Waals surface area contributed by atoms with E-state index in [0.29, 0.717) is 42.4 Å². The Hall–Kier alpha value is -7.90. The van der Waals surface area contributed by atoms with E-state index < -0.39 is 65.7 Å². The van der Waals surface area contributed by atoms with Crippen LogP contribution in [0.1, 0.15) is 90.2 Å². The molecule has 17 nitrogen and oxygen atoms in total. The number of aliphatic hydroxyl groups excluding tert-OH is 1. The van der Waals surface area contributed by atoms with E-state index in [0.717, 1.165) is 53.9 Å². The highest BCUT2D eigenvalue weighted by Gasteiger charge is 2.51. The van der Waals surface area contributed by atoms with E-state index in [1.54, 1.807) is 98.2 Å². The van der Waals surface area contributed by atoms with Gasteiger partial charge in [0.25, 0.3) is 17.5 Å². The van der Waals surface area contributed by atoms with Crippen molar-refractivity contribution in [2.24, 2.45) is 0 Å². The summed E-state index contributed by atoms with van der Waals surface area (Å²) in [6.07, 6.45) is 4.50. The highest BCUT2D eigenvalue weighted by atomic mass is 16.7. The van der Waals surface area contributed by atoms with E-state index in [9.17, 15) is 33.9 Å². The van der Waals surface area contributed by atoms with Crippen molar-refractivity contribution in [1.29, 1.82) is 0 Å². The van der Waals surface area contributed by atoms with Gasteiger partial charge >= 0.3 is 19.1 Å². The van der Waals surface area contributed by atoms with Crippen molar-refractivity contribution >= 4 is 47.8 Å². The summed E-state index contributed by atoms with van der Waals surface area (Å²) in [5.41, 5.74) is 4.55. The average molecular weight is 1020 g/mol. The molecule has 18 heteroatoms. The van der Waals surface area contributed by atoms with Crippen molar-refractivity contribution in [1.82, 2.24) is 20.2 Å². The van der Waals surface area contributed by atoms with Crippen LogP contribution < -0.4 is 20.3 Å². The van der Waals surface area contributed by atoms with Gasteiger partial charge in [-0.25, -0.2) is 9.59 Å². The summed E-state index contributed by atoms with van der Waals surface area (Å²) in [4.78, 5) is 81.6. The highest BCUT2D eigenvalue weighted by Crippen LogP contribution is 2.37. The SMILES string of the molecule is CCOC(=O)C(=O)c1ccc(B2OC(C)(C)C(C)(C)O2)cc1.O=C(N[C@H](CN1CCCC1)[C@H](O)c1ccc2c(c1)OCCO2)C(=O)c1ccc(-c2ccccn2)cc1.O=C(O)C(=O)c1ccc(-c2ccccn2)cc1. The Bertz CT molecular complexity index is 2930. The molecule has 3 aliphatic heterocycles. The van der Waals surface area contributed by atoms with Crippen LogP contribution in [-0.2, 0) is 28.4 Å². The van der Waals surface area contributed by atoms with E-state index >= 15 is 0 Å². The summed E-state index contributed by atoms with van der Waals surface area (Å²) >= 11 is 0. The van der Waals surface area contributed by atoms with Crippen molar-refractivity contribution in [3.05, 3.63) is 162 Å². The lowest BCUT2D eigenvalue weighted by Gasteiger charge is -2.32. The second-order valence-electron chi connectivity index (χ2n) is 18.7. The maximum atomic E-state index is 13.0. The van der Waals surface area contributed by atoms with Gasteiger partial charge in [-0.1, -0.05) is 91.0 Å². The number of likely N-dealkylation sites (tertiary alicyclic amines) is 1. The first-order valence-electron chi connectivity index (χ1n) is 24.6. The van der Waals surface area contributed by atoms with Crippen molar-refractivity contribution in [2.75, 3.05) is 39.5 Å². The van der Waals surface area contributed by atoms with Crippen LogP contribution in [0.25, 0.3) is 22.5 Å². The van der Waals surface area contributed by atoms with Crippen molar-refractivity contribution in [2.45, 2.75) is 70.8 Å². The molecule has 3 N–H and O–H groups in total. The maximum absolute atomic E-state index is 13.0. The predicted octanol–water partition coefficient (Wildman–Crippen LogP) is 6.76. The Morgan fingerprint density at radius 3 is 1.68 bits per heavy atom. The van der Waals surface area contributed by atoms with Crippen LogP contribution >= 0.6 is 0 Å². The zero-order chi connectivity index (χ0) is 53.7. The predicted molar refractivity (Wildman–Crippen MR) is 279 cm³/mol. The number of Topliss-reactive ketones (excluding diaryl/α,β-unsaturated/α-hetero) is 3. The molecule has 0 aliphatic carbocycles. The molecule has 2 fully saturated rings. The maximum Gasteiger partial charge on any atom is 0.494 e. The number of aliphatic carboxylic acids is 1. The number of esters is 1. The third kappa shape index (κ3) is 14.0. The van der Waals surface area contributed by atoms with Gasteiger partial charge in [0.15, 0.2) is 11.5 Å². The number of carbonyl (C=O) groups is 6. The van der Waals surface area contributed by atoms with Crippen molar-refractivity contribution in [3.63, 3.8) is 0 Å². The Kier molecular flexibility index (Phi) is 18.2. The molecule has 2 saturated heterocycles. The van der Waals surface area contributed by atoms with Crippen LogP contribution in [-0.4, -0.2) is 124 Å². The lowest BCUT2D eigenvalue weighted by atomic mass is 9.78. The number of hydrogen-bond donors (Lipinski definition) is 3. The number of ether oxygens (including phenoxy) is 3. The Morgan fingerprint density at radius 1 is 0.667 bits per heavy atom. The molecule has 1 amide bonds. The molecular weight excluding hydrogens is 959 g/mol. The standard InChI is InChI=1S/C28H29N3O5.C16H21BO5.C13H9NO3/c32-26(21-10-11-24-25(17-21)36-16-15-35-24)23(18-31-13-3-4-14-31)30-28(34)27(33)20-8-6-19(7-9-20)22-5-1-2-12-29-22;1-6-20-14(19)13(18)11-7-9-12(10-8-11)17-21-15(2,3)16(4,5)22-17;15-12(13(16)17)10-6-4-9(5-7-10)11-3-1-2-8-14-11/h1-2,5-12,17,23,26,32H,3-4,13-16,18H2,(H,30,34);7-10H,6H2,1-5H3;1-8H,(H,16,17)/t23-,26-;;/m1../s1. The largest absolute Gasteiger partial charge is 0.494 e. The van der Waals surface area contributed by atoms with Gasteiger partial charge < -0.3 is 43.9 Å². The summed E-state index contributed by atoms with van der Waals surface area (Å²) in [5.74, 6) is -4.05. The third-order valence-electron chi connectivity index (χ3n) is 13.0. The molecule has 2 atom stereocenters. The third-order valence-corrected chi connectivity index (χ3v) is 13.0. The molecule has 4 aromatic carbocycles. The second kappa shape index (κ2) is 24.9. The number of hydrogen-bond acceptors (Lipinski definition) is 15. The number of ketones is 3. The van der Waals surface area contributed by atoms with Gasteiger partial charge in [-0.15, -0.1) is 0 Å². The number of aliphatic hydroxyl groups is 1. The zero-order valence-corrected chi connectivity index (χ0v) is 42.4. The van der Waals surface area contributed by atoms with E-state index in [2.05, 4.69) is 20.2 Å². The smallest absolute Gasteiger partial charge is 0.486 e. The molecule has 75 heavy (non-hydrogen) atoms. The van der Waals surface area contributed by atoms with E-state index in [-0.39, 0.29) is 17.7 Å². The summed E-state index contributed by atoms with van der Waals surface area (Å²) in [6, 6.07) is 35.5. The Balaban J connectivity index is 0.000000179. The highest BCUT2D eigenvalue weighted by molar-refractivity contribution is 6.62. The van der Waals surface area contributed by atoms with E-state index in [1.165, 1.54) is 12.1 Å². The fourth-order valence-corrected chi connectivity index (χ4v) is 8.17. The number of carboxylic acid groups (broad SMARTS) is 1. The summed E-state index contributed by atoms with van der Waals surface area (Å²) in [5, 5.41) is 22.6. The van der Waals surface area contributed by atoms with E-state index in [4.69, 9.17) is 28.6 Å². The fourth-order valence-electron chi connectivity index (χ4n) is 8.17. The number of rotatable bonds is 15. The van der Waals surface area contributed by atoms with Crippen LogP contribution in [0.15, 0.2) is 140 Å². The zero-order valence-electron chi connectivity index (χ0n) is 42.4. The number of amides is 1. The molecular formula is C57H59BN4O13. The average Bonchev–Trinajstić information content (AvgIpc) is 4.03. The monoisotopic (exact) mass is 1020 g/mol. The van der Waals surface area contributed by atoms with Crippen LogP contribution in [0, 0.1) is 0 Å². The van der Waals surface area contributed by atoms with E-state index in [1.807, 2.05) is 64.1 Å². The van der Waals surface area contributed by atoms with Crippen molar-refractivity contribution < 1.29 is 62.5 Å². The lowest BCUT2D eigenvalue weighted by molar-refractivity contribution is -0.137. The lowest BCUT2D eigenvalue weighted by Crippen LogP contribution is -2.48. The van der Waals surface area contributed by atoms with Gasteiger partial charge in [0, 0.05) is 46.8 Å². The number of aromatic nitrogens is 2. The fraction of sp³-hybridized carbons (Fsp3) is 0.298. The molecule has 6 aromatic rings. The number of fused-ring (bicyclic) bond motifs is 1. The Morgan fingerprint density at radius 2 is 1.17 bits per heavy atom. The quantitative estimate of drug-likeness (QED) is 0.0417. The van der Waals surface area contributed by atoms with Crippen LogP contribution in [0.4, 0.5) is 0 Å². The first-order valence-corrected chi connectivity index (χ1v) is 24.6. The van der Waals surface area contributed by atoms with Gasteiger partial charge in [-0.05, 0) is 108 Å². The molecule has 388 valence electrons. The molecule has 9 rings (SSSR count). The summed E-state index contributed by atoms with van der Waals surface area (Å²) < 4.78 is 27.8. The summed E-state index contributed by atoms with van der Waals surface area (Å²) in [7, 11) is -0.489. The first-order chi connectivity index (χ1) is 35.9. The molecule has 0 spiro atoms. The topological polar surface area (TPSA) is 230 Å². The number of benzene rings is 4. The number of nitrogens with one attached hydrogen (secondary N) is 1. The number of nitrogens with zero attached hydrogens (tertiary/aromatic N) is 3. The first kappa shape index (κ1) is 54.9. The van der Waals surface area contributed by atoms with Crippen molar-refractivity contribution in [3.8, 4) is 34.0 Å². The minimum absolute atomic E-state index is 0.164. The second-order valence-corrected chi connectivity index (χ2v) is 18.7. The molecule has 2 aromatic heterocycles. The van der Waals surface area contributed by atoms with Gasteiger partial charge in [-0.2, -0.15) is 0 Å². The van der Waals surface area contributed by atoms with Gasteiger partial charge in [-0.3, -0.25) is 29.1 Å². The molecule has 0 saturated carbocycles.